The molecule has 0 saturated heterocycles. The molecule has 0 bridgehead atoms. The van der Waals surface area contributed by atoms with Gasteiger partial charge in [-0.25, -0.2) is 4.79 Å². The second kappa shape index (κ2) is 8.37. The first-order valence-corrected chi connectivity index (χ1v) is 8.29. The zero-order valence-corrected chi connectivity index (χ0v) is 15.1. The Hall–Kier alpha value is -2.76. The second-order valence-corrected chi connectivity index (χ2v) is 6.39. The number of benzene rings is 1. The van der Waals surface area contributed by atoms with Crippen LogP contribution in [-0.2, 0) is 11.3 Å². The zero-order chi connectivity index (χ0) is 18.4. The first kappa shape index (κ1) is 18.6. The molecule has 1 unspecified atom stereocenters. The molecule has 2 N–H and O–H groups in total. The first-order valence-electron chi connectivity index (χ1n) is 8.29. The lowest BCUT2D eigenvalue weighted by atomic mass is 10.0. The van der Waals surface area contributed by atoms with Crippen molar-refractivity contribution in [1.29, 1.82) is 0 Å². The molecule has 1 atom stereocenters. The van der Waals surface area contributed by atoms with Gasteiger partial charge < -0.3 is 20.0 Å². The van der Waals surface area contributed by atoms with Crippen LogP contribution in [-0.4, -0.2) is 29.9 Å². The van der Waals surface area contributed by atoms with Crippen molar-refractivity contribution in [3.8, 4) is 0 Å². The number of urea groups is 1. The van der Waals surface area contributed by atoms with Gasteiger partial charge in [-0.1, -0.05) is 32.0 Å². The maximum Gasteiger partial charge on any atom is 0.319 e. The number of rotatable bonds is 6. The van der Waals surface area contributed by atoms with Crippen LogP contribution in [0.2, 0.25) is 0 Å². The fourth-order valence-electron chi connectivity index (χ4n) is 2.46. The summed E-state index contributed by atoms with van der Waals surface area (Å²) in [4.78, 5) is 26.5. The standard InChI is InChI=1S/C19H25N3O3/c1-13(2)17(21-19(24)20-15-8-6-5-7-9-15)18(23)22(4)12-16-11-10-14(3)25-16/h5-11,13,17H,12H2,1-4H3,(H2,20,21,24). The Kier molecular flexibility index (Phi) is 6.22. The molecule has 0 radical (unpaired) electrons. The minimum atomic E-state index is -0.621. The summed E-state index contributed by atoms with van der Waals surface area (Å²) in [5.41, 5.74) is 0.675. The van der Waals surface area contributed by atoms with Crippen LogP contribution >= 0.6 is 0 Å². The van der Waals surface area contributed by atoms with Crippen molar-refractivity contribution < 1.29 is 14.0 Å². The molecule has 1 heterocycles. The summed E-state index contributed by atoms with van der Waals surface area (Å²) in [5, 5.41) is 5.50. The lowest BCUT2D eigenvalue weighted by Crippen LogP contribution is -2.51. The number of amides is 3. The number of anilines is 1. The van der Waals surface area contributed by atoms with Gasteiger partial charge in [0.2, 0.25) is 5.91 Å². The van der Waals surface area contributed by atoms with Crippen LogP contribution in [0.15, 0.2) is 46.9 Å². The third kappa shape index (κ3) is 5.38. The van der Waals surface area contributed by atoms with Gasteiger partial charge in [0, 0.05) is 12.7 Å². The number of aryl methyl sites for hydroxylation is 1. The van der Waals surface area contributed by atoms with E-state index in [-0.39, 0.29) is 11.8 Å². The molecule has 0 spiro atoms. The predicted molar refractivity (Wildman–Crippen MR) is 97.1 cm³/mol. The van der Waals surface area contributed by atoms with Crippen molar-refractivity contribution in [2.24, 2.45) is 5.92 Å². The highest BCUT2D eigenvalue weighted by atomic mass is 16.3. The van der Waals surface area contributed by atoms with Crippen LogP contribution in [0, 0.1) is 12.8 Å². The molecule has 0 aliphatic heterocycles. The highest BCUT2D eigenvalue weighted by molar-refractivity contribution is 5.93. The Morgan fingerprint density at radius 2 is 1.80 bits per heavy atom. The molecule has 2 aromatic rings. The van der Waals surface area contributed by atoms with Crippen LogP contribution in [0.3, 0.4) is 0 Å². The number of nitrogens with one attached hydrogen (secondary N) is 2. The van der Waals surface area contributed by atoms with Gasteiger partial charge in [-0.15, -0.1) is 0 Å². The minimum absolute atomic E-state index is 0.0465. The van der Waals surface area contributed by atoms with E-state index in [1.54, 1.807) is 24.1 Å². The molecule has 0 aliphatic carbocycles. The van der Waals surface area contributed by atoms with Crippen LogP contribution < -0.4 is 10.6 Å². The second-order valence-electron chi connectivity index (χ2n) is 6.39. The fourth-order valence-corrected chi connectivity index (χ4v) is 2.46. The minimum Gasteiger partial charge on any atom is -0.464 e. The lowest BCUT2D eigenvalue weighted by Gasteiger charge is -2.26. The maximum atomic E-state index is 12.7. The van der Waals surface area contributed by atoms with Crippen molar-refractivity contribution in [1.82, 2.24) is 10.2 Å². The largest absolute Gasteiger partial charge is 0.464 e. The Balaban J connectivity index is 1.98. The molecular weight excluding hydrogens is 318 g/mol. The monoisotopic (exact) mass is 343 g/mol. The van der Waals surface area contributed by atoms with E-state index < -0.39 is 12.1 Å². The van der Waals surface area contributed by atoms with Crippen LogP contribution in [0.5, 0.6) is 0 Å². The SMILES string of the molecule is Cc1ccc(CN(C)C(=O)C(NC(=O)Nc2ccccc2)C(C)C)o1. The van der Waals surface area contributed by atoms with Gasteiger partial charge in [0.25, 0.3) is 0 Å². The van der Waals surface area contributed by atoms with Crippen molar-refractivity contribution in [3.05, 3.63) is 54.0 Å². The lowest BCUT2D eigenvalue weighted by molar-refractivity contribution is -0.133. The normalized spacial score (nSPS) is 11.9. The average Bonchev–Trinajstić information content (AvgIpc) is 2.97. The van der Waals surface area contributed by atoms with Gasteiger partial charge in [0.05, 0.1) is 6.54 Å². The molecule has 3 amide bonds. The number of hydrogen-bond acceptors (Lipinski definition) is 3. The van der Waals surface area contributed by atoms with Crippen molar-refractivity contribution in [2.75, 3.05) is 12.4 Å². The highest BCUT2D eigenvalue weighted by Gasteiger charge is 2.27. The Labute approximate surface area is 148 Å². The molecule has 6 heteroatoms. The summed E-state index contributed by atoms with van der Waals surface area (Å²) in [7, 11) is 1.70. The molecule has 1 aromatic carbocycles. The summed E-state index contributed by atoms with van der Waals surface area (Å²) in [5.74, 6) is 1.31. The number of hydrogen-bond donors (Lipinski definition) is 2. The van der Waals surface area contributed by atoms with Crippen molar-refractivity contribution in [2.45, 2.75) is 33.4 Å². The predicted octanol–water partition coefficient (Wildman–Crippen LogP) is 3.39. The number of carbonyl (C=O) groups is 2. The Bertz CT molecular complexity index is 710. The maximum absolute atomic E-state index is 12.7. The number of furan rings is 1. The first-order chi connectivity index (χ1) is 11.9. The summed E-state index contributed by atoms with van der Waals surface area (Å²) in [6.45, 7) is 6.02. The molecule has 0 saturated carbocycles. The summed E-state index contributed by atoms with van der Waals surface area (Å²) in [6, 6.07) is 11.8. The van der Waals surface area contributed by atoms with Crippen LogP contribution in [0.25, 0.3) is 0 Å². The Morgan fingerprint density at radius 1 is 1.12 bits per heavy atom. The number of likely N-dealkylation sites (N-methyl/N-ethyl adjacent to an activating group) is 1. The summed E-state index contributed by atoms with van der Waals surface area (Å²) < 4.78 is 5.51. The van der Waals surface area contributed by atoms with E-state index in [0.29, 0.717) is 18.0 Å². The van der Waals surface area contributed by atoms with Crippen LogP contribution in [0.1, 0.15) is 25.4 Å². The van der Waals surface area contributed by atoms with Gasteiger partial charge in [-0.2, -0.15) is 0 Å². The van der Waals surface area contributed by atoms with E-state index in [2.05, 4.69) is 10.6 Å². The van der Waals surface area contributed by atoms with Gasteiger partial charge in [0.1, 0.15) is 17.6 Å². The zero-order valence-electron chi connectivity index (χ0n) is 15.1. The quantitative estimate of drug-likeness (QED) is 0.844. The molecule has 0 fully saturated rings. The molecule has 2 rings (SSSR count). The van der Waals surface area contributed by atoms with E-state index in [0.717, 1.165) is 5.76 Å². The van der Waals surface area contributed by atoms with Gasteiger partial charge >= 0.3 is 6.03 Å². The van der Waals surface area contributed by atoms with E-state index in [1.165, 1.54) is 0 Å². The summed E-state index contributed by atoms with van der Waals surface area (Å²) in [6.07, 6.45) is 0. The topological polar surface area (TPSA) is 74.6 Å². The smallest absolute Gasteiger partial charge is 0.319 e. The van der Waals surface area contributed by atoms with Gasteiger partial charge in [-0.05, 0) is 37.1 Å². The molecule has 1 aromatic heterocycles. The van der Waals surface area contributed by atoms with Crippen molar-refractivity contribution in [3.63, 3.8) is 0 Å². The molecule has 134 valence electrons. The van der Waals surface area contributed by atoms with E-state index in [4.69, 9.17) is 4.42 Å². The molecular formula is C19H25N3O3. The molecule has 6 nitrogen and oxygen atoms in total. The van der Waals surface area contributed by atoms with Gasteiger partial charge in [-0.3, -0.25) is 4.79 Å². The van der Waals surface area contributed by atoms with E-state index >= 15 is 0 Å². The fraction of sp³-hybridized carbons (Fsp3) is 0.368. The van der Waals surface area contributed by atoms with Crippen molar-refractivity contribution >= 4 is 17.6 Å². The molecule has 25 heavy (non-hydrogen) atoms. The van der Waals surface area contributed by atoms with Gasteiger partial charge in [0.15, 0.2) is 0 Å². The number of carbonyl (C=O) groups excluding carboxylic acids is 2. The summed E-state index contributed by atoms with van der Waals surface area (Å²) >= 11 is 0. The van der Waals surface area contributed by atoms with E-state index in [9.17, 15) is 9.59 Å². The third-order valence-electron chi connectivity index (χ3n) is 3.82. The molecule has 0 aliphatic rings. The number of nitrogens with zero attached hydrogens (tertiary/aromatic N) is 1. The number of para-hydroxylation sites is 1. The Morgan fingerprint density at radius 3 is 2.36 bits per heavy atom. The third-order valence-corrected chi connectivity index (χ3v) is 3.82. The highest BCUT2D eigenvalue weighted by Crippen LogP contribution is 2.12. The average molecular weight is 343 g/mol. The van der Waals surface area contributed by atoms with Crippen LogP contribution in [0.4, 0.5) is 10.5 Å². The van der Waals surface area contributed by atoms with E-state index in [1.807, 2.05) is 51.1 Å².